The van der Waals surface area contributed by atoms with Crippen molar-refractivity contribution >= 4 is 11.5 Å². The Bertz CT molecular complexity index is 506. The first kappa shape index (κ1) is 13.7. The summed E-state index contributed by atoms with van der Waals surface area (Å²) >= 11 is 0. The van der Waals surface area contributed by atoms with E-state index in [-0.39, 0.29) is 5.92 Å². The molecule has 0 aliphatic heterocycles. The smallest absolute Gasteiger partial charge is 0.306 e. The number of ether oxygens (including phenoxy) is 1. The molecule has 0 saturated heterocycles. The minimum Gasteiger partial charge on any atom is -0.497 e. The molecule has 1 aliphatic carbocycles. The molecule has 0 heterocycles. The van der Waals surface area contributed by atoms with E-state index in [1.807, 2.05) is 12.1 Å². The van der Waals surface area contributed by atoms with Crippen molar-refractivity contribution in [1.29, 1.82) is 0 Å². The third-order valence-electron chi connectivity index (χ3n) is 3.82. The number of rotatable bonds is 3. The third kappa shape index (κ3) is 2.80. The lowest BCUT2D eigenvalue weighted by molar-refractivity contribution is -0.141. The Hall–Kier alpha value is -1.77. The zero-order valence-electron chi connectivity index (χ0n) is 11.7. The molecule has 19 heavy (non-hydrogen) atoms. The highest BCUT2D eigenvalue weighted by Gasteiger charge is 2.22. The van der Waals surface area contributed by atoms with E-state index >= 15 is 0 Å². The number of carboxylic acids is 1. The molecule has 0 fully saturated rings. The summed E-state index contributed by atoms with van der Waals surface area (Å²) in [5.74, 6) is -0.0281. The molecule has 0 radical (unpaired) electrons. The van der Waals surface area contributed by atoms with Gasteiger partial charge in [0.15, 0.2) is 0 Å². The van der Waals surface area contributed by atoms with Crippen molar-refractivity contribution in [3.63, 3.8) is 0 Å². The highest BCUT2D eigenvalue weighted by Crippen LogP contribution is 2.35. The number of hydrogen-bond donors (Lipinski definition) is 1. The predicted molar refractivity (Wildman–Crippen MR) is 75.4 cm³/mol. The van der Waals surface area contributed by atoms with Crippen LogP contribution in [0.15, 0.2) is 18.2 Å². The van der Waals surface area contributed by atoms with Crippen molar-refractivity contribution in [3.8, 4) is 5.75 Å². The maximum atomic E-state index is 11.0. The molecule has 1 N–H and O–H groups in total. The minimum absolute atomic E-state index is 0.220. The number of methoxy groups -OCH3 is 1. The molecule has 1 aromatic carbocycles. The van der Waals surface area contributed by atoms with E-state index < -0.39 is 5.97 Å². The van der Waals surface area contributed by atoms with Crippen molar-refractivity contribution in [2.24, 2.45) is 5.92 Å². The Morgan fingerprint density at radius 1 is 1.32 bits per heavy atom. The molecule has 0 saturated carbocycles. The summed E-state index contributed by atoms with van der Waals surface area (Å²) in [6, 6.07) is 4.07. The molecule has 1 unspecified atom stereocenters. The van der Waals surface area contributed by atoms with Gasteiger partial charge < -0.3 is 9.84 Å². The quantitative estimate of drug-likeness (QED) is 0.903. The van der Waals surface area contributed by atoms with Gasteiger partial charge in [-0.05, 0) is 67.5 Å². The Morgan fingerprint density at radius 2 is 1.95 bits per heavy atom. The van der Waals surface area contributed by atoms with E-state index in [0.29, 0.717) is 6.42 Å². The fraction of sp³-hybridized carbons (Fsp3) is 0.438. The number of hydrogen-bond acceptors (Lipinski definition) is 2. The van der Waals surface area contributed by atoms with Gasteiger partial charge in [0.25, 0.3) is 0 Å². The molecule has 0 amide bonds. The Labute approximate surface area is 113 Å². The molecule has 1 aliphatic rings. The molecule has 0 spiro atoms. The van der Waals surface area contributed by atoms with E-state index in [0.717, 1.165) is 18.6 Å². The van der Waals surface area contributed by atoms with Gasteiger partial charge in [-0.25, -0.2) is 0 Å². The van der Waals surface area contributed by atoms with Crippen LogP contribution < -0.4 is 4.74 Å². The number of carboxylic acid groups (broad SMARTS) is 1. The summed E-state index contributed by atoms with van der Waals surface area (Å²) in [6.45, 7) is 4.16. The molecule has 102 valence electrons. The normalized spacial score (nSPS) is 18.9. The monoisotopic (exact) mass is 260 g/mol. The van der Waals surface area contributed by atoms with Gasteiger partial charge in [0.05, 0.1) is 13.0 Å². The van der Waals surface area contributed by atoms with E-state index in [9.17, 15) is 4.79 Å². The second kappa shape index (κ2) is 5.47. The molecule has 1 aromatic rings. The molecule has 1 atom stereocenters. The third-order valence-corrected chi connectivity index (χ3v) is 3.82. The van der Waals surface area contributed by atoms with Gasteiger partial charge in [-0.2, -0.15) is 0 Å². The zero-order valence-corrected chi connectivity index (χ0v) is 11.7. The molecular weight excluding hydrogens is 240 g/mol. The van der Waals surface area contributed by atoms with E-state index in [1.165, 1.54) is 22.3 Å². The van der Waals surface area contributed by atoms with Crippen LogP contribution in [0.25, 0.3) is 5.57 Å². The second-order valence-corrected chi connectivity index (χ2v) is 5.18. The number of carbonyl (C=O) groups is 1. The first-order valence-corrected chi connectivity index (χ1v) is 6.60. The van der Waals surface area contributed by atoms with Crippen LogP contribution in [0, 0.1) is 19.8 Å². The number of aryl methyl sites for hydroxylation is 2. The maximum absolute atomic E-state index is 11.0. The largest absolute Gasteiger partial charge is 0.497 e. The molecular formula is C16H20O3. The average molecular weight is 260 g/mol. The van der Waals surface area contributed by atoms with Crippen molar-refractivity contribution in [1.82, 2.24) is 0 Å². The summed E-state index contributed by atoms with van der Waals surface area (Å²) in [4.78, 5) is 11.0. The van der Waals surface area contributed by atoms with Crippen molar-refractivity contribution < 1.29 is 14.6 Å². The molecule has 3 heteroatoms. The highest BCUT2D eigenvalue weighted by atomic mass is 16.5. The average Bonchev–Trinajstić information content (AvgIpc) is 2.38. The molecule has 3 nitrogen and oxygen atoms in total. The van der Waals surface area contributed by atoms with Crippen LogP contribution in [0.5, 0.6) is 5.75 Å². The van der Waals surface area contributed by atoms with Crippen molar-refractivity contribution in [2.45, 2.75) is 33.1 Å². The van der Waals surface area contributed by atoms with Crippen molar-refractivity contribution in [3.05, 3.63) is 34.9 Å². The fourth-order valence-corrected chi connectivity index (χ4v) is 2.83. The molecule has 0 aromatic heterocycles. The molecule has 2 rings (SSSR count). The highest BCUT2D eigenvalue weighted by molar-refractivity contribution is 5.76. The van der Waals surface area contributed by atoms with Crippen LogP contribution >= 0.6 is 0 Å². The number of aliphatic carboxylic acids is 1. The first-order chi connectivity index (χ1) is 9.02. The standard InChI is InChI=1S/C16H20O3/c1-10-8-14(19-3)9-11(2)15(10)12-4-6-13(7-5-12)16(17)18/h4,8-9,13H,5-7H2,1-3H3,(H,17,18). The van der Waals surface area contributed by atoms with Gasteiger partial charge >= 0.3 is 5.97 Å². The zero-order chi connectivity index (χ0) is 14.0. The Kier molecular flexibility index (Phi) is 3.93. The van der Waals surface area contributed by atoms with Crippen LogP contribution in [0.2, 0.25) is 0 Å². The summed E-state index contributed by atoms with van der Waals surface area (Å²) in [7, 11) is 1.67. The Balaban J connectivity index is 2.31. The van der Waals surface area contributed by atoms with Crippen molar-refractivity contribution in [2.75, 3.05) is 7.11 Å². The number of benzene rings is 1. The van der Waals surface area contributed by atoms with Crippen LogP contribution in [0.1, 0.15) is 36.0 Å². The topological polar surface area (TPSA) is 46.5 Å². The summed E-state index contributed by atoms with van der Waals surface area (Å²) in [5.41, 5.74) is 4.91. The second-order valence-electron chi connectivity index (χ2n) is 5.18. The predicted octanol–water partition coefficient (Wildman–Crippen LogP) is 3.58. The summed E-state index contributed by atoms with van der Waals surface area (Å²) in [5, 5.41) is 9.03. The minimum atomic E-state index is -0.682. The Morgan fingerprint density at radius 3 is 2.37 bits per heavy atom. The molecule has 0 bridgehead atoms. The van der Waals surface area contributed by atoms with E-state index in [4.69, 9.17) is 9.84 Å². The van der Waals surface area contributed by atoms with Gasteiger partial charge in [-0.1, -0.05) is 6.08 Å². The van der Waals surface area contributed by atoms with Crippen LogP contribution in [-0.2, 0) is 4.79 Å². The lowest BCUT2D eigenvalue weighted by atomic mass is 9.84. The summed E-state index contributed by atoms with van der Waals surface area (Å²) in [6.07, 6.45) is 4.29. The number of allylic oxidation sites excluding steroid dienone is 2. The van der Waals surface area contributed by atoms with Gasteiger partial charge in [-0.15, -0.1) is 0 Å². The van der Waals surface area contributed by atoms with Crippen LogP contribution in [0.3, 0.4) is 0 Å². The van der Waals surface area contributed by atoms with Gasteiger partial charge in [-0.3, -0.25) is 4.79 Å². The van der Waals surface area contributed by atoms with Gasteiger partial charge in [0, 0.05) is 0 Å². The van der Waals surface area contributed by atoms with E-state index in [2.05, 4.69) is 19.9 Å². The lowest BCUT2D eigenvalue weighted by Crippen LogP contribution is -2.16. The first-order valence-electron chi connectivity index (χ1n) is 6.60. The van der Waals surface area contributed by atoms with Crippen LogP contribution in [0.4, 0.5) is 0 Å². The van der Waals surface area contributed by atoms with Gasteiger partial charge in [0.2, 0.25) is 0 Å². The summed E-state index contributed by atoms with van der Waals surface area (Å²) < 4.78 is 5.27. The SMILES string of the molecule is COc1cc(C)c(C2=CCC(C(=O)O)CC2)c(C)c1. The lowest BCUT2D eigenvalue weighted by Gasteiger charge is -2.22. The maximum Gasteiger partial charge on any atom is 0.306 e. The fourth-order valence-electron chi connectivity index (χ4n) is 2.83. The van der Waals surface area contributed by atoms with Crippen LogP contribution in [-0.4, -0.2) is 18.2 Å². The van der Waals surface area contributed by atoms with E-state index in [1.54, 1.807) is 7.11 Å². The van der Waals surface area contributed by atoms with Gasteiger partial charge in [0.1, 0.15) is 5.75 Å².